The molecule has 0 aromatic carbocycles. The van der Waals surface area contributed by atoms with Crippen LogP contribution < -0.4 is 5.73 Å². The van der Waals surface area contributed by atoms with Gasteiger partial charge < -0.3 is 10.7 Å². The summed E-state index contributed by atoms with van der Waals surface area (Å²) in [7, 11) is 1.91. The Bertz CT molecular complexity index is 482. The summed E-state index contributed by atoms with van der Waals surface area (Å²) in [5, 5.41) is 4.31. The first-order valence-electron chi connectivity index (χ1n) is 5.37. The average molecular weight is 219 g/mol. The molecule has 0 saturated heterocycles. The van der Waals surface area contributed by atoms with Crippen molar-refractivity contribution in [1.82, 2.24) is 19.7 Å². The van der Waals surface area contributed by atoms with Crippen LogP contribution in [-0.2, 0) is 7.05 Å². The fraction of sp³-hybridized carbons (Fsp3) is 0.455. The van der Waals surface area contributed by atoms with Crippen LogP contribution in [0.15, 0.2) is 12.4 Å². The molecule has 2 aromatic rings. The van der Waals surface area contributed by atoms with E-state index in [9.17, 15) is 0 Å². The van der Waals surface area contributed by atoms with Crippen molar-refractivity contribution >= 4 is 0 Å². The van der Waals surface area contributed by atoms with Crippen molar-refractivity contribution in [2.45, 2.75) is 19.8 Å². The standard InChI is InChI=1S/C11H17N5/c1-7(4-12)11-13-5-10(14-11)9-6-16(3)15-8(9)2/h5-7H,4,12H2,1-3H3,(H,13,14). The summed E-state index contributed by atoms with van der Waals surface area (Å²) in [4.78, 5) is 7.63. The van der Waals surface area contributed by atoms with Gasteiger partial charge in [0.25, 0.3) is 0 Å². The largest absolute Gasteiger partial charge is 0.342 e. The minimum atomic E-state index is 0.255. The van der Waals surface area contributed by atoms with E-state index >= 15 is 0 Å². The Kier molecular flexibility index (Phi) is 2.78. The summed E-state index contributed by atoms with van der Waals surface area (Å²) >= 11 is 0. The van der Waals surface area contributed by atoms with Crippen LogP contribution in [0.5, 0.6) is 0 Å². The van der Waals surface area contributed by atoms with E-state index in [1.165, 1.54) is 0 Å². The maximum absolute atomic E-state index is 5.61. The molecule has 0 amide bonds. The highest BCUT2D eigenvalue weighted by Crippen LogP contribution is 2.21. The van der Waals surface area contributed by atoms with Crippen molar-refractivity contribution in [3.63, 3.8) is 0 Å². The smallest absolute Gasteiger partial charge is 0.110 e. The van der Waals surface area contributed by atoms with Crippen LogP contribution in [-0.4, -0.2) is 26.3 Å². The number of rotatable bonds is 3. The normalized spacial score (nSPS) is 13.0. The molecule has 1 unspecified atom stereocenters. The first kappa shape index (κ1) is 10.9. The van der Waals surface area contributed by atoms with Crippen molar-refractivity contribution in [3.8, 4) is 11.3 Å². The summed E-state index contributed by atoms with van der Waals surface area (Å²) < 4.78 is 1.80. The molecule has 0 aliphatic rings. The molecule has 0 bridgehead atoms. The number of hydrogen-bond donors (Lipinski definition) is 2. The summed E-state index contributed by atoms with van der Waals surface area (Å²) in [5.74, 6) is 1.19. The minimum Gasteiger partial charge on any atom is -0.342 e. The number of H-pyrrole nitrogens is 1. The van der Waals surface area contributed by atoms with Crippen LogP contribution in [0.1, 0.15) is 24.4 Å². The molecule has 0 spiro atoms. The van der Waals surface area contributed by atoms with Crippen molar-refractivity contribution in [1.29, 1.82) is 0 Å². The van der Waals surface area contributed by atoms with Gasteiger partial charge in [-0.05, 0) is 6.92 Å². The number of nitrogens with zero attached hydrogens (tertiary/aromatic N) is 3. The van der Waals surface area contributed by atoms with Gasteiger partial charge in [-0.3, -0.25) is 4.68 Å². The molecule has 2 aromatic heterocycles. The molecule has 0 fully saturated rings. The van der Waals surface area contributed by atoms with E-state index in [1.54, 1.807) is 4.68 Å². The van der Waals surface area contributed by atoms with Crippen LogP contribution >= 0.6 is 0 Å². The Morgan fingerprint density at radius 2 is 2.31 bits per heavy atom. The molecule has 2 heterocycles. The van der Waals surface area contributed by atoms with Gasteiger partial charge in [-0.15, -0.1) is 0 Å². The maximum atomic E-state index is 5.61. The van der Waals surface area contributed by atoms with E-state index in [4.69, 9.17) is 5.73 Å². The van der Waals surface area contributed by atoms with E-state index in [2.05, 4.69) is 22.0 Å². The molecule has 1 atom stereocenters. The van der Waals surface area contributed by atoms with Crippen molar-refractivity contribution in [2.75, 3.05) is 6.54 Å². The van der Waals surface area contributed by atoms with E-state index in [0.29, 0.717) is 6.54 Å². The van der Waals surface area contributed by atoms with Crippen LogP contribution in [0.4, 0.5) is 0 Å². The summed E-state index contributed by atoms with van der Waals surface area (Å²) in [6.45, 7) is 4.64. The molecule has 3 N–H and O–H groups in total. The summed E-state index contributed by atoms with van der Waals surface area (Å²) in [6.07, 6.45) is 3.82. The Morgan fingerprint density at radius 1 is 1.56 bits per heavy atom. The van der Waals surface area contributed by atoms with Gasteiger partial charge in [0, 0.05) is 31.3 Å². The molecule has 5 heteroatoms. The second-order valence-electron chi connectivity index (χ2n) is 4.12. The van der Waals surface area contributed by atoms with Crippen molar-refractivity contribution in [2.24, 2.45) is 12.8 Å². The Labute approximate surface area is 94.7 Å². The Hall–Kier alpha value is -1.62. The first-order valence-corrected chi connectivity index (χ1v) is 5.37. The lowest BCUT2D eigenvalue weighted by Gasteiger charge is -2.02. The quantitative estimate of drug-likeness (QED) is 0.814. The predicted octanol–water partition coefficient (Wildman–Crippen LogP) is 1.18. The molecule has 5 nitrogen and oxygen atoms in total. The molecule has 0 aliphatic carbocycles. The van der Waals surface area contributed by atoms with E-state index in [0.717, 1.165) is 22.8 Å². The van der Waals surface area contributed by atoms with E-state index < -0.39 is 0 Å². The van der Waals surface area contributed by atoms with Crippen LogP contribution in [0.3, 0.4) is 0 Å². The van der Waals surface area contributed by atoms with Gasteiger partial charge in [-0.1, -0.05) is 6.92 Å². The highest BCUT2D eigenvalue weighted by molar-refractivity contribution is 5.60. The number of nitrogens with one attached hydrogen (secondary N) is 1. The third-order valence-corrected chi connectivity index (χ3v) is 2.72. The van der Waals surface area contributed by atoms with Gasteiger partial charge >= 0.3 is 0 Å². The van der Waals surface area contributed by atoms with Gasteiger partial charge in [-0.25, -0.2) is 4.98 Å². The summed E-state index contributed by atoms with van der Waals surface area (Å²) in [6, 6.07) is 0. The lowest BCUT2D eigenvalue weighted by Crippen LogP contribution is -2.10. The number of hydrogen-bond acceptors (Lipinski definition) is 3. The lowest BCUT2D eigenvalue weighted by molar-refractivity contribution is 0.725. The monoisotopic (exact) mass is 219 g/mol. The number of aromatic amines is 1. The van der Waals surface area contributed by atoms with Gasteiger partial charge in [0.2, 0.25) is 0 Å². The van der Waals surface area contributed by atoms with Crippen LogP contribution in [0.25, 0.3) is 11.3 Å². The lowest BCUT2D eigenvalue weighted by atomic mass is 10.2. The minimum absolute atomic E-state index is 0.255. The van der Waals surface area contributed by atoms with Gasteiger partial charge in [-0.2, -0.15) is 5.10 Å². The molecular weight excluding hydrogens is 202 g/mol. The number of aromatic nitrogens is 4. The predicted molar refractivity (Wildman–Crippen MR) is 63.0 cm³/mol. The number of aryl methyl sites for hydroxylation is 2. The Morgan fingerprint density at radius 3 is 2.88 bits per heavy atom. The fourth-order valence-corrected chi connectivity index (χ4v) is 1.70. The second kappa shape index (κ2) is 4.09. The second-order valence-corrected chi connectivity index (χ2v) is 4.12. The van der Waals surface area contributed by atoms with Gasteiger partial charge in [0.1, 0.15) is 5.82 Å². The number of imidazole rings is 1. The fourth-order valence-electron chi connectivity index (χ4n) is 1.70. The molecule has 0 saturated carbocycles. The van der Waals surface area contributed by atoms with Crippen LogP contribution in [0.2, 0.25) is 0 Å². The molecule has 16 heavy (non-hydrogen) atoms. The maximum Gasteiger partial charge on any atom is 0.110 e. The topological polar surface area (TPSA) is 72.5 Å². The van der Waals surface area contributed by atoms with Gasteiger partial charge in [0.15, 0.2) is 0 Å². The average Bonchev–Trinajstić information content (AvgIpc) is 2.83. The molecule has 2 rings (SSSR count). The molecular formula is C11H17N5. The number of nitrogens with two attached hydrogens (primary N) is 1. The molecule has 86 valence electrons. The highest BCUT2D eigenvalue weighted by atomic mass is 15.2. The third-order valence-electron chi connectivity index (χ3n) is 2.72. The van der Waals surface area contributed by atoms with Crippen molar-refractivity contribution in [3.05, 3.63) is 23.9 Å². The van der Waals surface area contributed by atoms with Crippen molar-refractivity contribution < 1.29 is 0 Å². The summed E-state index contributed by atoms with van der Waals surface area (Å²) in [5.41, 5.74) is 8.70. The Balaban J connectivity index is 2.35. The third kappa shape index (κ3) is 1.86. The zero-order valence-electron chi connectivity index (χ0n) is 9.86. The molecule has 0 radical (unpaired) electrons. The zero-order valence-corrected chi connectivity index (χ0v) is 9.86. The first-order chi connectivity index (χ1) is 7.61. The van der Waals surface area contributed by atoms with Crippen LogP contribution in [0, 0.1) is 6.92 Å². The highest BCUT2D eigenvalue weighted by Gasteiger charge is 2.12. The van der Waals surface area contributed by atoms with Gasteiger partial charge in [0.05, 0.1) is 17.6 Å². The SMILES string of the molecule is Cc1nn(C)cc1-c1cnc(C(C)CN)[nH]1. The zero-order chi connectivity index (χ0) is 11.7. The molecule has 0 aliphatic heterocycles. The van der Waals surface area contributed by atoms with E-state index in [1.807, 2.05) is 26.4 Å². The van der Waals surface area contributed by atoms with E-state index in [-0.39, 0.29) is 5.92 Å².